The number of rotatable bonds is 5. The second kappa shape index (κ2) is 4.75. The number of hydrogen-bond acceptors (Lipinski definition) is 5. The minimum absolute atomic E-state index is 0.211. The van der Waals surface area contributed by atoms with Gasteiger partial charge in [-0.25, -0.2) is 0 Å². The van der Waals surface area contributed by atoms with E-state index < -0.39 is 0 Å². The first-order valence-corrected chi connectivity index (χ1v) is 6.12. The Hall–Kier alpha value is -0.620. The van der Waals surface area contributed by atoms with Crippen molar-refractivity contribution in [1.82, 2.24) is 10.2 Å². The molecule has 0 unspecified atom stereocenters. The molecule has 0 aliphatic heterocycles. The fourth-order valence-corrected chi connectivity index (χ4v) is 2.58. The Labute approximate surface area is 91.8 Å². The van der Waals surface area contributed by atoms with Crippen molar-refractivity contribution in [3.8, 4) is 0 Å². The van der Waals surface area contributed by atoms with Gasteiger partial charge >= 0.3 is 0 Å². The number of hydrogen-bond donors (Lipinski definition) is 2. The molecule has 0 saturated heterocycles. The Morgan fingerprint density at radius 2 is 2.43 bits per heavy atom. The number of thioether (sulfide) groups is 1. The topological polar surface area (TPSA) is 75.7 Å². The Bertz CT molecular complexity index is 294. The van der Waals surface area contributed by atoms with E-state index in [1.165, 1.54) is 11.3 Å². The number of nitrogens with one attached hydrogen (secondary N) is 1. The van der Waals surface area contributed by atoms with Gasteiger partial charge < -0.3 is 5.73 Å². The summed E-state index contributed by atoms with van der Waals surface area (Å²) in [5.74, 6) is 1.16. The lowest BCUT2D eigenvalue weighted by atomic mass is 9.89. The molecular weight excluding hydrogens is 216 g/mol. The lowest BCUT2D eigenvalue weighted by Crippen LogP contribution is -2.31. The second-order valence-corrected chi connectivity index (χ2v) is 5.78. The van der Waals surface area contributed by atoms with Crippen LogP contribution in [0.2, 0.25) is 0 Å². The maximum atomic E-state index is 7.39. The zero-order chi connectivity index (χ0) is 10.6. The van der Waals surface area contributed by atoms with Crippen molar-refractivity contribution in [3.05, 3.63) is 5.51 Å². The minimum Gasteiger partial charge on any atom is -0.387 e. The molecular formula is C8H14N4S2. The van der Waals surface area contributed by atoms with Crippen molar-refractivity contribution >= 4 is 28.9 Å². The van der Waals surface area contributed by atoms with Gasteiger partial charge in [-0.15, -0.1) is 10.2 Å². The molecule has 0 aliphatic carbocycles. The lowest BCUT2D eigenvalue weighted by molar-refractivity contribution is 0.500. The van der Waals surface area contributed by atoms with Crippen LogP contribution in [0.4, 0.5) is 0 Å². The predicted octanol–water partition coefficient (Wildman–Crippen LogP) is 1.98. The average Bonchev–Trinajstić information content (AvgIpc) is 2.56. The first-order valence-electron chi connectivity index (χ1n) is 4.26. The van der Waals surface area contributed by atoms with Crippen LogP contribution in [0.5, 0.6) is 0 Å². The number of aromatic nitrogens is 2. The van der Waals surface area contributed by atoms with Crippen LogP contribution < -0.4 is 5.73 Å². The molecule has 3 N–H and O–H groups in total. The van der Waals surface area contributed by atoms with E-state index >= 15 is 0 Å². The van der Waals surface area contributed by atoms with Crippen LogP contribution in [-0.2, 0) is 0 Å². The van der Waals surface area contributed by atoms with Crippen LogP contribution in [0.3, 0.4) is 0 Å². The molecule has 4 nitrogen and oxygen atoms in total. The lowest BCUT2D eigenvalue weighted by Gasteiger charge is -2.21. The van der Waals surface area contributed by atoms with E-state index in [0.717, 1.165) is 16.5 Å². The van der Waals surface area contributed by atoms with Gasteiger partial charge in [0.2, 0.25) is 0 Å². The van der Waals surface area contributed by atoms with Crippen LogP contribution in [-0.4, -0.2) is 21.8 Å². The standard InChI is InChI=1S/C8H14N4S2/c1-8(2,6(9)10)3-4-13-7-12-11-5-14-7/h5H,3-4H2,1-2H3,(H3,9,10). The predicted molar refractivity (Wildman–Crippen MR) is 60.9 cm³/mol. The second-order valence-electron chi connectivity index (χ2n) is 3.60. The SMILES string of the molecule is CC(C)(CCSc1nncs1)C(=N)N. The van der Waals surface area contributed by atoms with Crippen molar-refractivity contribution < 1.29 is 0 Å². The van der Waals surface area contributed by atoms with Crippen LogP contribution >= 0.6 is 23.1 Å². The van der Waals surface area contributed by atoms with Crippen LogP contribution in [0.25, 0.3) is 0 Å². The first-order chi connectivity index (χ1) is 6.52. The zero-order valence-corrected chi connectivity index (χ0v) is 9.91. The molecule has 1 aromatic rings. The minimum atomic E-state index is -0.211. The number of nitrogens with zero attached hydrogens (tertiary/aromatic N) is 2. The van der Waals surface area contributed by atoms with Crippen molar-refractivity contribution in [2.75, 3.05) is 5.75 Å². The van der Waals surface area contributed by atoms with Crippen molar-refractivity contribution in [3.63, 3.8) is 0 Å². The molecule has 78 valence electrons. The Kier molecular flexibility index (Phi) is 3.88. The summed E-state index contributed by atoms with van der Waals surface area (Å²) in [6, 6.07) is 0. The highest BCUT2D eigenvalue weighted by Crippen LogP contribution is 2.26. The van der Waals surface area contributed by atoms with E-state index in [4.69, 9.17) is 11.1 Å². The highest BCUT2D eigenvalue weighted by molar-refractivity contribution is 8.00. The fraction of sp³-hybridized carbons (Fsp3) is 0.625. The Balaban J connectivity index is 2.31. The van der Waals surface area contributed by atoms with E-state index in [1.807, 2.05) is 13.8 Å². The largest absolute Gasteiger partial charge is 0.387 e. The summed E-state index contributed by atoms with van der Waals surface area (Å²) in [5, 5.41) is 15.1. The molecule has 1 aromatic heterocycles. The summed E-state index contributed by atoms with van der Waals surface area (Å²) in [5.41, 5.74) is 6.99. The Morgan fingerprint density at radius 3 is 2.93 bits per heavy atom. The summed E-state index contributed by atoms with van der Waals surface area (Å²) in [7, 11) is 0. The van der Waals surface area contributed by atoms with Gasteiger partial charge in [0, 0.05) is 11.2 Å². The molecule has 0 amide bonds. The molecule has 0 bridgehead atoms. The van der Waals surface area contributed by atoms with Crippen LogP contribution in [0.1, 0.15) is 20.3 Å². The summed E-state index contributed by atoms with van der Waals surface area (Å²) in [6.45, 7) is 3.96. The molecule has 0 atom stereocenters. The van der Waals surface area contributed by atoms with E-state index in [2.05, 4.69) is 10.2 Å². The van der Waals surface area contributed by atoms with E-state index in [-0.39, 0.29) is 11.3 Å². The molecule has 0 saturated carbocycles. The summed E-state index contributed by atoms with van der Waals surface area (Å²) in [6.07, 6.45) is 0.882. The van der Waals surface area contributed by atoms with Crippen LogP contribution in [0.15, 0.2) is 9.85 Å². The molecule has 14 heavy (non-hydrogen) atoms. The third-order valence-corrected chi connectivity index (χ3v) is 3.88. The average molecular weight is 230 g/mol. The molecule has 1 heterocycles. The molecule has 0 radical (unpaired) electrons. The maximum Gasteiger partial charge on any atom is 0.174 e. The summed E-state index contributed by atoms with van der Waals surface area (Å²) < 4.78 is 0.976. The molecule has 0 fully saturated rings. The maximum absolute atomic E-state index is 7.39. The molecule has 6 heteroatoms. The van der Waals surface area contributed by atoms with Gasteiger partial charge in [0.15, 0.2) is 4.34 Å². The molecule has 0 aliphatic rings. The van der Waals surface area contributed by atoms with Crippen molar-refractivity contribution in [1.29, 1.82) is 5.41 Å². The molecule has 0 aromatic carbocycles. The summed E-state index contributed by atoms with van der Waals surface area (Å²) in [4.78, 5) is 0. The highest BCUT2D eigenvalue weighted by atomic mass is 32.2. The van der Waals surface area contributed by atoms with Gasteiger partial charge in [-0.3, -0.25) is 5.41 Å². The van der Waals surface area contributed by atoms with Crippen molar-refractivity contribution in [2.24, 2.45) is 11.1 Å². The van der Waals surface area contributed by atoms with Gasteiger partial charge in [0.05, 0.1) is 5.84 Å². The third-order valence-electron chi connectivity index (χ3n) is 2.02. The number of nitrogens with two attached hydrogens (primary N) is 1. The van der Waals surface area contributed by atoms with Gasteiger partial charge in [-0.05, 0) is 6.42 Å². The molecule has 0 spiro atoms. The first kappa shape index (κ1) is 11.5. The highest BCUT2D eigenvalue weighted by Gasteiger charge is 2.21. The van der Waals surface area contributed by atoms with E-state index in [0.29, 0.717) is 0 Å². The fourth-order valence-electron chi connectivity index (χ4n) is 0.754. The summed E-state index contributed by atoms with van der Waals surface area (Å²) >= 11 is 3.20. The zero-order valence-electron chi connectivity index (χ0n) is 8.28. The van der Waals surface area contributed by atoms with Crippen molar-refractivity contribution in [2.45, 2.75) is 24.6 Å². The molecule has 1 rings (SSSR count). The quantitative estimate of drug-likeness (QED) is 0.461. The normalized spacial score (nSPS) is 11.6. The van der Waals surface area contributed by atoms with Gasteiger partial charge in [0.1, 0.15) is 5.51 Å². The monoisotopic (exact) mass is 230 g/mol. The van der Waals surface area contributed by atoms with E-state index in [9.17, 15) is 0 Å². The van der Waals surface area contributed by atoms with E-state index in [1.54, 1.807) is 17.3 Å². The van der Waals surface area contributed by atoms with Crippen LogP contribution in [0, 0.1) is 10.8 Å². The smallest absolute Gasteiger partial charge is 0.174 e. The van der Waals surface area contributed by atoms with Gasteiger partial charge in [-0.2, -0.15) is 0 Å². The number of amidine groups is 1. The van der Waals surface area contributed by atoms with Gasteiger partial charge in [-0.1, -0.05) is 36.9 Å². The Morgan fingerprint density at radius 1 is 1.71 bits per heavy atom. The van der Waals surface area contributed by atoms with Gasteiger partial charge in [0.25, 0.3) is 0 Å². The third kappa shape index (κ3) is 3.26.